The monoisotopic (exact) mass is 390 g/mol. The van der Waals surface area contributed by atoms with E-state index in [2.05, 4.69) is 4.72 Å². The number of piperidine rings is 1. The molecule has 1 amide bonds. The molecule has 1 aromatic carbocycles. The Kier molecular flexibility index (Phi) is 5.55. The third-order valence-corrected chi connectivity index (χ3v) is 8.09. The fourth-order valence-corrected chi connectivity index (χ4v) is 6.08. The average molecular weight is 391 g/mol. The zero-order valence-corrected chi connectivity index (χ0v) is 16.8. The van der Waals surface area contributed by atoms with E-state index >= 15 is 0 Å². The van der Waals surface area contributed by atoms with Gasteiger partial charge in [-0.2, -0.15) is 0 Å². The van der Waals surface area contributed by atoms with Gasteiger partial charge in [0.1, 0.15) is 0 Å². The standard InChI is InChI=1S/C21H30N2O3S/c24-21(23-12-11-17-6-2-4-8-19(17)15-23)14-22-27(25,26)20-10-9-16-5-1-3-7-18(16)13-20/h9-10,13,17,19,22H,1-8,11-12,14-15H2/t17-,19+/m0/s1. The number of hydrogen-bond donors (Lipinski definition) is 1. The molecule has 0 bridgehead atoms. The number of sulfonamides is 1. The van der Waals surface area contributed by atoms with E-state index in [0.717, 1.165) is 50.3 Å². The summed E-state index contributed by atoms with van der Waals surface area (Å²) in [6, 6.07) is 5.39. The molecule has 1 saturated heterocycles. The molecule has 148 valence electrons. The molecule has 0 radical (unpaired) electrons. The van der Waals surface area contributed by atoms with Gasteiger partial charge in [0.05, 0.1) is 11.4 Å². The molecule has 3 aliphatic rings. The minimum absolute atomic E-state index is 0.0967. The Morgan fingerprint density at radius 1 is 1.00 bits per heavy atom. The maximum absolute atomic E-state index is 12.7. The largest absolute Gasteiger partial charge is 0.341 e. The molecule has 0 aromatic heterocycles. The molecule has 1 aromatic rings. The summed E-state index contributed by atoms with van der Waals surface area (Å²) in [5.74, 6) is 1.27. The van der Waals surface area contributed by atoms with Crippen LogP contribution in [0.3, 0.4) is 0 Å². The van der Waals surface area contributed by atoms with Gasteiger partial charge in [-0.15, -0.1) is 0 Å². The van der Waals surface area contributed by atoms with Crippen LogP contribution >= 0.6 is 0 Å². The maximum Gasteiger partial charge on any atom is 0.241 e. The minimum Gasteiger partial charge on any atom is -0.341 e. The highest BCUT2D eigenvalue weighted by Gasteiger charge is 2.33. The first-order valence-corrected chi connectivity index (χ1v) is 11.9. The van der Waals surface area contributed by atoms with Gasteiger partial charge in [0.25, 0.3) is 0 Å². The number of carbonyl (C=O) groups is 1. The van der Waals surface area contributed by atoms with Crippen molar-refractivity contribution in [3.8, 4) is 0 Å². The minimum atomic E-state index is -3.65. The highest BCUT2D eigenvalue weighted by Crippen LogP contribution is 2.36. The summed E-state index contributed by atoms with van der Waals surface area (Å²) in [7, 11) is -3.65. The molecular weight excluding hydrogens is 360 g/mol. The number of nitrogens with one attached hydrogen (secondary N) is 1. The van der Waals surface area contributed by atoms with Crippen LogP contribution < -0.4 is 4.72 Å². The topological polar surface area (TPSA) is 66.5 Å². The quantitative estimate of drug-likeness (QED) is 0.860. The lowest BCUT2D eigenvalue weighted by atomic mass is 9.75. The lowest BCUT2D eigenvalue weighted by Crippen LogP contribution is -2.48. The summed E-state index contributed by atoms with van der Waals surface area (Å²) >= 11 is 0. The van der Waals surface area contributed by atoms with E-state index in [-0.39, 0.29) is 17.3 Å². The summed E-state index contributed by atoms with van der Waals surface area (Å²) in [5.41, 5.74) is 2.39. The van der Waals surface area contributed by atoms with Crippen molar-refractivity contribution in [3.05, 3.63) is 29.3 Å². The number of carbonyl (C=O) groups excluding carboxylic acids is 1. The second-order valence-corrected chi connectivity index (χ2v) is 10.2. The molecule has 2 aliphatic carbocycles. The summed E-state index contributed by atoms with van der Waals surface area (Å²) in [4.78, 5) is 14.7. The molecule has 2 atom stereocenters. The average Bonchev–Trinajstić information content (AvgIpc) is 2.71. The molecule has 1 aliphatic heterocycles. The van der Waals surface area contributed by atoms with E-state index < -0.39 is 10.0 Å². The number of aryl methyl sites for hydroxylation is 2. The van der Waals surface area contributed by atoms with Crippen LogP contribution in [0.1, 0.15) is 56.1 Å². The van der Waals surface area contributed by atoms with Gasteiger partial charge in [-0.3, -0.25) is 4.79 Å². The van der Waals surface area contributed by atoms with Crippen LogP contribution in [-0.2, 0) is 27.7 Å². The third-order valence-electron chi connectivity index (χ3n) is 6.69. The zero-order valence-electron chi connectivity index (χ0n) is 16.0. The van der Waals surface area contributed by atoms with Crippen LogP contribution in [0.2, 0.25) is 0 Å². The molecule has 2 fully saturated rings. The molecule has 0 unspecified atom stereocenters. The Labute approximate surface area is 162 Å². The molecule has 5 nitrogen and oxygen atoms in total. The molecular formula is C21H30N2O3S. The molecule has 4 rings (SSSR count). The van der Waals surface area contributed by atoms with Crippen molar-refractivity contribution in [1.82, 2.24) is 9.62 Å². The second-order valence-electron chi connectivity index (χ2n) is 8.40. The first kappa shape index (κ1) is 18.9. The van der Waals surface area contributed by atoms with Crippen molar-refractivity contribution < 1.29 is 13.2 Å². The molecule has 27 heavy (non-hydrogen) atoms. The van der Waals surface area contributed by atoms with Gasteiger partial charge in [-0.05, 0) is 73.6 Å². The molecule has 6 heteroatoms. The lowest BCUT2D eigenvalue weighted by Gasteiger charge is -2.41. The van der Waals surface area contributed by atoms with Crippen LogP contribution in [0.5, 0.6) is 0 Å². The first-order valence-electron chi connectivity index (χ1n) is 10.4. The number of hydrogen-bond acceptors (Lipinski definition) is 3. The Balaban J connectivity index is 1.36. The van der Waals surface area contributed by atoms with Crippen LogP contribution in [0.4, 0.5) is 0 Å². The predicted molar refractivity (Wildman–Crippen MR) is 105 cm³/mol. The van der Waals surface area contributed by atoms with Crippen molar-refractivity contribution in [2.75, 3.05) is 19.6 Å². The van der Waals surface area contributed by atoms with Crippen molar-refractivity contribution in [1.29, 1.82) is 0 Å². The van der Waals surface area contributed by atoms with E-state index in [4.69, 9.17) is 0 Å². The Bertz CT molecular complexity index is 806. The van der Waals surface area contributed by atoms with E-state index in [1.54, 1.807) is 12.1 Å². The summed E-state index contributed by atoms with van der Waals surface area (Å²) in [6.45, 7) is 1.42. The van der Waals surface area contributed by atoms with Crippen molar-refractivity contribution in [3.63, 3.8) is 0 Å². The Morgan fingerprint density at radius 2 is 1.74 bits per heavy atom. The van der Waals surface area contributed by atoms with E-state index in [1.807, 2.05) is 11.0 Å². The molecule has 1 heterocycles. The van der Waals surface area contributed by atoms with Crippen molar-refractivity contribution >= 4 is 15.9 Å². The SMILES string of the molecule is O=C(CNS(=O)(=O)c1ccc2c(c1)CCCC2)N1CC[C@@H]2CCCC[C@@H]2C1. The fourth-order valence-electron chi connectivity index (χ4n) is 5.06. The van der Waals surface area contributed by atoms with Gasteiger partial charge in [0.15, 0.2) is 0 Å². The summed E-state index contributed by atoms with van der Waals surface area (Å²) < 4.78 is 27.8. The molecule has 1 N–H and O–H groups in total. The van der Waals surface area contributed by atoms with Crippen LogP contribution in [0.15, 0.2) is 23.1 Å². The van der Waals surface area contributed by atoms with E-state index in [1.165, 1.54) is 37.7 Å². The van der Waals surface area contributed by atoms with Crippen LogP contribution in [0, 0.1) is 11.8 Å². The highest BCUT2D eigenvalue weighted by molar-refractivity contribution is 7.89. The van der Waals surface area contributed by atoms with E-state index in [9.17, 15) is 13.2 Å². The fraction of sp³-hybridized carbons (Fsp3) is 0.667. The van der Waals surface area contributed by atoms with E-state index in [0.29, 0.717) is 5.92 Å². The Morgan fingerprint density at radius 3 is 2.56 bits per heavy atom. The number of nitrogens with zero attached hydrogens (tertiary/aromatic N) is 1. The number of fused-ring (bicyclic) bond motifs is 2. The van der Waals surface area contributed by atoms with Gasteiger partial charge in [0.2, 0.25) is 15.9 Å². The maximum atomic E-state index is 12.7. The zero-order chi connectivity index (χ0) is 18.9. The van der Waals surface area contributed by atoms with Gasteiger partial charge < -0.3 is 4.90 Å². The highest BCUT2D eigenvalue weighted by atomic mass is 32.2. The second kappa shape index (κ2) is 7.92. The predicted octanol–water partition coefficient (Wildman–Crippen LogP) is 2.88. The van der Waals surface area contributed by atoms with Crippen molar-refractivity contribution in [2.24, 2.45) is 11.8 Å². The number of amides is 1. The summed E-state index contributed by atoms with van der Waals surface area (Å²) in [6.07, 6.45) is 10.4. The van der Waals surface area contributed by atoms with Crippen LogP contribution in [0.25, 0.3) is 0 Å². The third kappa shape index (κ3) is 4.21. The van der Waals surface area contributed by atoms with Gasteiger partial charge in [-0.25, -0.2) is 13.1 Å². The van der Waals surface area contributed by atoms with Gasteiger partial charge in [0, 0.05) is 13.1 Å². The van der Waals surface area contributed by atoms with Gasteiger partial charge in [-0.1, -0.05) is 25.3 Å². The number of rotatable bonds is 4. The number of benzene rings is 1. The molecule has 0 spiro atoms. The lowest BCUT2D eigenvalue weighted by molar-refractivity contribution is -0.133. The molecule has 1 saturated carbocycles. The number of likely N-dealkylation sites (tertiary alicyclic amines) is 1. The van der Waals surface area contributed by atoms with Crippen molar-refractivity contribution in [2.45, 2.75) is 62.7 Å². The summed E-state index contributed by atoms with van der Waals surface area (Å²) in [5, 5.41) is 0. The Hall–Kier alpha value is -1.40. The smallest absolute Gasteiger partial charge is 0.241 e. The normalized spacial score (nSPS) is 25.6. The van der Waals surface area contributed by atoms with Crippen LogP contribution in [-0.4, -0.2) is 38.9 Å². The first-order chi connectivity index (χ1) is 13.0. The van der Waals surface area contributed by atoms with Gasteiger partial charge >= 0.3 is 0 Å².